The number of carboxylic acid groups (broad SMARTS) is 1. The standard InChI is InChI=1S/C12H16FNO2/c1-3-11(14(2)8-12(15)16)9-4-6-10(13)7-5-9/h4-7,11H,3,8H2,1-2H3,(H,15,16). The molecule has 1 aromatic rings. The highest BCUT2D eigenvalue weighted by molar-refractivity contribution is 5.69. The number of likely N-dealkylation sites (N-methyl/N-ethyl adjacent to an activating group) is 1. The number of nitrogens with zero attached hydrogens (tertiary/aromatic N) is 1. The van der Waals surface area contributed by atoms with E-state index < -0.39 is 5.97 Å². The van der Waals surface area contributed by atoms with Crippen molar-refractivity contribution in [2.75, 3.05) is 13.6 Å². The third-order valence-corrected chi connectivity index (χ3v) is 2.56. The van der Waals surface area contributed by atoms with Crippen molar-refractivity contribution in [2.24, 2.45) is 0 Å². The van der Waals surface area contributed by atoms with Crippen LogP contribution in [0.4, 0.5) is 4.39 Å². The zero-order valence-electron chi connectivity index (χ0n) is 9.48. The fourth-order valence-electron chi connectivity index (χ4n) is 1.81. The van der Waals surface area contributed by atoms with Crippen molar-refractivity contribution in [1.82, 2.24) is 4.90 Å². The second-order valence-corrected chi connectivity index (χ2v) is 3.78. The summed E-state index contributed by atoms with van der Waals surface area (Å²) in [5.41, 5.74) is 0.938. The molecule has 1 rings (SSSR count). The van der Waals surface area contributed by atoms with E-state index in [9.17, 15) is 9.18 Å². The molecule has 1 aromatic carbocycles. The second kappa shape index (κ2) is 5.61. The van der Waals surface area contributed by atoms with Crippen molar-refractivity contribution in [3.05, 3.63) is 35.6 Å². The number of carbonyl (C=O) groups is 1. The summed E-state index contributed by atoms with van der Waals surface area (Å²) in [6, 6.07) is 6.19. The summed E-state index contributed by atoms with van der Waals surface area (Å²) in [6.45, 7) is 1.96. The first-order valence-corrected chi connectivity index (χ1v) is 5.22. The lowest BCUT2D eigenvalue weighted by atomic mass is 10.0. The normalized spacial score (nSPS) is 12.8. The lowest BCUT2D eigenvalue weighted by Gasteiger charge is -2.25. The highest BCUT2D eigenvalue weighted by Gasteiger charge is 2.16. The van der Waals surface area contributed by atoms with Gasteiger partial charge in [-0.25, -0.2) is 4.39 Å². The summed E-state index contributed by atoms with van der Waals surface area (Å²) >= 11 is 0. The van der Waals surface area contributed by atoms with Gasteiger partial charge >= 0.3 is 5.97 Å². The van der Waals surface area contributed by atoms with Gasteiger partial charge in [-0.05, 0) is 31.2 Å². The lowest BCUT2D eigenvalue weighted by molar-refractivity contribution is -0.138. The number of carboxylic acids is 1. The van der Waals surface area contributed by atoms with Gasteiger partial charge in [-0.2, -0.15) is 0 Å². The van der Waals surface area contributed by atoms with Crippen molar-refractivity contribution >= 4 is 5.97 Å². The molecule has 16 heavy (non-hydrogen) atoms. The molecule has 4 heteroatoms. The minimum Gasteiger partial charge on any atom is -0.480 e. The Labute approximate surface area is 94.5 Å². The fourth-order valence-corrected chi connectivity index (χ4v) is 1.81. The summed E-state index contributed by atoms with van der Waals surface area (Å²) in [5, 5.41) is 8.72. The van der Waals surface area contributed by atoms with Crippen LogP contribution in [0.3, 0.4) is 0 Å². The maximum absolute atomic E-state index is 12.8. The van der Waals surface area contributed by atoms with Crippen LogP contribution in [0.25, 0.3) is 0 Å². The average molecular weight is 225 g/mol. The van der Waals surface area contributed by atoms with Crippen molar-refractivity contribution in [3.63, 3.8) is 0 Å². The molecule has 0 fully saturated rings. The number of aliphatic carboxylic acids is 1. The Morgan fingerprint density at radius 2 is 2.00 bits per heavy atom. The molecule has 0 saturated heterocycles. The molecule has 0 spiro atoms. The maximum atomic E-state index is 12.8. The van der Waals surface area contributed by atoms with E-state index in [2.05, 4.69) is 0 Å². The van der Waals surface area contributed by atoms with Crippen LogP contribution in [-0.2, 0) is 4.79 Å². The SMILES string of the molecule is CCC(c1ccc(F)cc1)N(C)CC(=O)O. The molecule has 0 aliphatic carbocycles. The van der Waals surface area contributed by atoms with Crippen molar-refractivity contribution < 1.29 is 14.3 Å². The van der Waals surface area contributed by atoms with Crippen LogP contribution >= 0.6 is 0 Å². The summed E-state index contributed by atoms with van der Waals surface area (Å²) < 4.78 is 12.8. The Morgan fingerprint density at radius 3 is 2.44 bits per heavy atom. The number of hydrogen-bond acceptors (Lipinski definition) is 2. The Morgan fingerprint density at radius 1 is 1.44 bits per heavy atom. The van der Waals surface area contributed by atoms with Crippen LogP contribution < -0.4 is 0 Å². The Balaban J connectivity index is 2.81. The van der Waals surface area contributed by atoms with Gasteiger partial charge in [0.1, 0.15) is 5.82 Å². The molecule has 0 saturated carbocycles. The van der Waals surface area contributed by atoms with E-state index in [-0.39, 0.29) is 18.4 Å². The third-order valence-electron chi connectivity index (χ3n) is 2.56. The molecule has 88 valence electrons. The Hall–Kier alpha value is -1.42. The van der Waals surface area contributed by atoms with Crippen molar-refractivity contribution in [2.45, 2.75) is 19.4 Å². The lowest BCUT2D eigenvalue weighted by Crippen LogP contribution is -2.29. The minimum absolute atomic E-state index is 0.0108. The largest absolute Gasteiger partial charge is 0.480 e. The van der Waals surface area contributed by atoms with Gasteiger partial charge in [0.15, 0.2) is 0 Å². The predicted octanol–water partition coefficient (Wildman–Crippen LogP) is 2.29. The minimum atomic E-state index is -0.858. The number of benzene rings is 1. The van der Waals surface area contributed by atoms with Gasteiger partial charge in [-0.15, -0.1) is 0 Å². The van der Waals surface area contributed by atoms with E-state index in [4.69, 9.17) is 5.11 Å². The fraction of sp³-hybridized carbons (Fsp3) is 0.417. The summed E-state index contributed by atoms with van der Waals surface area (Å²) in [5.74, 6) is -1.14. The Bertz CT molecular complexity index is 351. The zero-order chi connectivity index (χ0) is 12.1. The van der Waals surface area contributed by atoms with Gasteiger partial charge in [0.05, 0.1) is 6.54 Å². The summed E-state index contributed by atoms with van der Waals surface area (Å²) in [6.07, 6.45) is 0.787. The van der Waals surface area contributed by atoms with Crippen LogP contribution in [0.15, 0.2) is 24.3 Å². The smallest absolute Gasteiger partial charge is 0.317 e. The third kappa shape index (κ3) is 3.31. The Kier molecular flexibility index (Phi) is 4.43. The molecule has 0 aromatic heterocycles. The van der Waals surface area contributed by atoms with E-state index in [0.29, 0.717) is 0 Å². The van der Waals surface area contributed by atoms with E-state index in [1.165, 1.54) is 12.1 Å². The molecule has 3 nitrogen and oxygen atoms in total. The number of halogens is 1. The molecule has 0 aliphatic heterocycles. The van der Waals surface area contributed by atoms with Gasteiger partial charge in [0.2, 0.25) is 0 Å². The maximum Gasteiger partial charge on any atom is 0.317 e. The van der Waals surface area contributed by atoms with Crippen LogP contribution in [-0.4, -0.2) is 29.6 Å². The van der Waals surface area contributed by atoms with Gasteiger partial charge in [-0.1, -0.05) is 19.1 Å². The van der Waals surface area contributed by atoms with Crippen LogP contribution in [0.5, 0.6) is 0 Å². The highest BCUT2D eigenvalue weighted by atomic mass is 19.1. The second-order valence-electron chi connectivity index (χ2n) is 3.78. The topological polar surface area (TPSA) is 40.5 Å². The van der Waals surface area contributed by atoms with Gasteiger partial charge < -0.3 is 5.11 Å². The van der Waals surface area contributed by atoms with E-state index in [0.717, 1.165) is 12.0 Å². The first-order valence-electron chi connectivity index (χ1n) is 5.22. The number of rotatable bonds is 5. The van der Waals surface area contributed by atoms with Crippen LogP contribution in [0.2, 0.25) is 0 Å². The van der Waals surface area contributed by atoms with Crippen molar-refractivity contribution in [1.29, 1.82) is 0 Å². The molecule has 1 unspecified atom stereocenters. The van der Waals surface area contributed by atoms with Gasteiger partial charge in [0, 0.05) is 6.04 Å². The van der Waals surface area contributed by atoms with Crippen LogP contribution in [0.1, 0.15) is 24.9 Å². The monoisotopic (exact) mass is 225 g/mol. The molecule has 1 atom stereocenters. The molecule has 0 heterocycles. The predicted molar refractivity (Wildman–Crippen MR) is 59.7 cm³/mol. The molecule has 0 radical (unpaired) electrons. The summed E-state index contributed by atoms with van der Waals surface area (Å²) in [7, 11) is 1.76. The molecule has 0 bridgehead atoms. The molecular formula is C12H16FNO2. The van der Waals surface area contributed by atoms with Crippen molar-refractivity contribution in [3.8, 4) is 0 Å². The van der Waals surface area contributed by atoms with E-state index in [1.807, 2.05) is 6.92 Å². The highest BCUT2D eigenvalue weighted by Crippen LogP contribution is 2.22. The quantitative estimate of drug-likeness (QED) is 0.835. The van der Waals surface area contributed by atoms with Gasteiger partial charge in [0.25, 0.3) is 0 Å². The van der Waals surface area contributed by atoms with Gasteiger partial charge in [-0.3, -0.25) is 9.69 Å². The zero-order valence-corrected chi connectivity index (χ0v) is 9.48. The molecule has 0 aliphatic rings. The summed E-state index contributed by atoms with van der Waals surface area (Å²) in [4.78, 5) is 12.4. The molecule has 1 N–H and O–H groups in total. The molecule has 0 amide bonds. The first-order chi connectivity index (χ1) is 7.54. The molecular weight excluding hydrogens is 209 g/mol. The average Bonchev–Trinajstić information content (AvgIpc) is 2.21. The van der Waals surface area contributed by atoms with E-state index >= 15 is 0 Å². The van der Waals surface area contributed by atoms with Crippen LogP contribution in [0, 0.1) is 5.82 Å². The first kappa shape index (κ1) is 12.6. The van der Waals surface area contributed by atoms with E-state index in [1.54, 1.807) is 24.1 Å². The number of hydrogen-bond donors (Lipinski definition) is 1.